The van der Waals surface area contributed by atoms with Crippen LogP contribution >= 0.6 is 11.8 Å². The van der Waals surface area contributed by atoms with Crippen LogP contribution < -0.4 is 14.8 Å². The number of rotatable bonds is 8. The Morgan fingerprint density at radius 1 is 1.04 bits per heavy atom. The zero-order valence-electron chi connectivity index (χ0n) is 15.1. The van der Waals surface area contributed by atoms with Gasteiger partial charge in [-0.1, -0.05) is 36.4 Å². The van der Waals surface area contributed by atoms with E-state index in [9.17, 15) is 4.79 Å². The van der Waals surface area contributed by atoms with E-state index >= 15 is 0 Å². The van der Waals surface area contributed by atoms with Gasteiger partial charge in [-0.25, -0.2) is 0 Å². The first kappa shape index (κ1) is 19.2. The molecule has 0 spiro atoms. The molecule has 1 amide bonds. The third-order valence-corrected chi connectivity index (χ3v) is 5.26. The van der Waals surface area contributed by atoms with Crippen LogP contribution in [0.3, 0.4) is 0 Å². The van der Waals surface area contributed by atoms with Crippen molar-refractivity contribution >= 4 is 17.7 Å². The zero-order chi connectivity index (χ0) is 18.2. The van der Waals surface area contributed by atoms with Crippen molar-refractivity contribution in [1.29, 1.82) is 0 Å². The number of amides is 1. The van der Waals surface area contributed by atoms with Crippen LogP contribution in [-0.4, -0.2) is 25.4 Å². The van der Waals surface area contributed by atoms with Gasteiger partial charge >= 0.3 is 0 Å². The van der Waals surface area contributed by atoms with Gasteiger partial charge in [0.2, 0.25) is 5.91 Å². The first-order chi connectivity index (χ1) is 12.0. The molecule has 0 aliphatic heterocycles. The van der Waals surface area contributed by atoms with Crippen molar-refractivity contribution in [3.63, 3.8) is 0 Å². The molecule has 0 radical (unpaired) electrons. The number of hydrogen-bond acceptors (Lipinski definition) is 4. The summed E-state index contributed by atoms with van der Waals surface area (Å²) in [7, 11) is 3.20. The van der Waals surface area contributed by atoms with Gasteiger partial charge in [-0.05, 0) is 37.1 Å². The summed E-state index contributed by atoms with van der Waals surface area (Å²) < 4.78 is 10.5. The third kappa shape index (κ3) is 5.43. The van der Waals surface area contributed by atoms with Crippen LogP contribution in [0.15, 0.2) is 48.5 Å². The lowest BCUT2D eigenvalue weighted by molar-refractivity contribution is -0.120. The van der Waals surface area contributed by atoms with Crippen LogP contribution in [0.1, 0.15) is 30.2 Å². The summed E-state index contributed by atoms with van der Waals surface area (Å²) in [5.41, 5.74) is 2.20. The van der Waals surface area contributed by atoms with E-state index in [2.05, 4.69) is 24.4 Å². The lowest BCUT2D eigenvalue weighted by Crippen LogP contribution is -2.30. The van der Waals surface area contributed by atoms with E-state index in [0.717, 1.165) is 5.56 Å². The highest BCUT2D eigenvalue weighted by molar-refractivity contribution is 8.00. The predicted octanol–water partition coefficient (Wildman–Crippen LogP) is 4.20. The maximum atomic E-state index is 12.4. The number of methoxy groups -OCH3 is 2. The first-order valence-corrected chi connectivity index (χ1v) is 9.18. The lowest BCUT2D eigenvalue weighted by Gasteiger charge is -2.17. The Morgan fingerprint density at radius 3 is 2.36 bits per heavy atom. The molecule has 2 aromatic carbocycles. The third-order valence-electron chi connectivity index (χ3n) is 3.96. The zero-order valence-corrected chi connectivity index (χ0v) is 15.9. The van der Waals surface area contributed by atoms with Gasteiger partial charge in [0.25, 0.3) is 0 Å². The summed E-state index contributed by atoms with van der Waals surface area (Å²) in [5.74, 6) is 1.37. The molecule has 2 atom stereocenters. The van der Waals surface area contributed by atoms with Gasteiger partial charge in [0.1, 0.15) is 0 Å². The van der Waals surface area contributed by atoms with Gasteiger partial charge in [0, 0.05) is 11.8 Å². The molecule has 1 N–H and O–H groups in total. The SMILES string of the molecule is COc1ccc(CNC(=O)C(C)SC(C)c2ccccc2)cc1OC. The van der Waals surface area contributed by atoms with Gasteiger partial charge in [0.05, 0.1) is 19.5 Å². The second-order valence-corrected chi connectivity index (χ2v) is 7.42. The summed E-state index contributed by atoms with van der Waals surface area (Å²) in [5, 5.41) is 3.13. The Labute approximate surface area is 153 Å². The molecule has 2 aromatic rings. The number of carbonyl (C=O) groups excluding carboxylic acids is 1. The molecule has 4 nitrogen and oxygen atoms in total. The molecule has 0 aliphatic rings. The minimum atomic E-state index is -0.129. The van der Waals surface area contributed by atoms with E-state index in [4.69, 9.17) is 9.47 Å². The van der Waals surface area contributed by atoms with E-state index in [1.165, 1.54) is 5.56 Å². The fourth-order valence-corrected chi connectivity index (χ4v) is 3.63. The van der Waals surface area contributed by atoms with E-state index in [-0.39, 0.29) is 16.4 Å². The molecule has 0 aliphatic carbocycles. The molecule has 134 valence electrons. The van der Waals surface area contributed by atoms with Crippen LogP contribution in [0.25, 0.3) is 0 Å². The summed E-state index contributed by atoms with van der Waals surface area (Å²) in [6.07, 6.45) is 0. The van der Waals surface area contributed by atoms with Gasteiger partial charge < -0.3 is 14.8 Å². The molecule has 5 heteroatoms. The Kier molecular flexibility index (Phi) is 7.19. The highest BCUT2D eigenvalue weighted by atomic mass is 32.2. The smallest absolute Gasteiger partial charge is 0.233 e. The van der Waals surface area contributed by atoms with Crippen LogP contribution in [0.4, 0.5) is 0 Å². The average Bonchev–Trinajstić information content (AvgIpc) is 2.66. The van der Waals surface area contributed by atoms with Gasteiger partial charge in [0.15, 0.2) is 11.5 Å². The molecule has 0 heterocycles. The quantitative estimate of drug-likeness (QED) is 0.767. The van der Waals surface area contributed by atoms with Crippen LogP contribution in [-0.2, 0) is 11.3 Å². The van der Waals surface area contributed by atoms with Crippen LogP contribution in [0.5, 0.6) is 11.5 Å². The predicted molar refractivity (Wildman–Crippen MR) is 103 cm³/mol. The Hall–Kier alpha value is -2.14. The minimum Gasteiger partial charge on any atom is -0.493 e. The molecule has 2 unspecified atom stereocenters. The van der Waals surface area contributed by atoms with E-state index in [1.54, 1.807) is 26.0 Å². The average molecular weight is 359 g/mol. The van der Waals surface area contributed by atoms with Crippen molar-refractivity contribution in [3.8, 4) is 11.5 Å². The highest BCUT2D eigenvalue weighted by Crippen LogP contribution is 2.31. The maximum Gasteiger partial charge on any atom is 0.233 e. The number of hydrogen-bond donors (Lipinski definition) is 1. The number of nitrogens with one attached hydrogen (secondary N) is 1. The second-order valence-electron chi connectivity index (χ2n) is 5.74. The van der Waals surface area contributed by atoms with E-state index < -0.39 is 0 Å². The second kappa shape index (κ2) is 9.37. The largest absolute Gasteiger partial charge is 0.493 e. The van der Waals surface area contributed by atoms with Crippen molar-refractivity contribution in [2.75, 3.05) is 14.2 Å². The van der Waals surface area contributed by atoms with E-state index in [1.807, 2.05) is 43.3 Å². The number of ether oxygens (including phenoxy) is 2. The summed E-state index contributed by atoms with van der Waals surface area (Å²) in [6.45, 7) is 4.52. The molecule has 0 saturated carbocycles. The topological polar surface area (TPSA) is 47.6 Å². The van der Waals surface area contributed by atoms with Gasteiger partial charge in [-0.3, -0.25) is 4.79 Å². The summed E-state index contributed by atoms with van der Waals surface area (Å²) in [4.78, 5) is 12.4. The molecule has 0 aromatic heterocycles. The maximum absolute atomic E-state index is 12.4. The van der Waals surface area contributed by atoms with E-state index in [0.29, 0.717) is 18.0 Å². The normalized spacial score (nSPS) is 13.0. The van der Waals surface area contributed by atoms with Crippen molar-refractivity contribution in [1.82, 2.24) is 5.32 Å². The molecule has 0 saturated heterocycles. The Balaban J connectivity index is 1.89. The monoisotopic (exact) mass is 359 g/mol. The molecule has 0 fully saturated rings. The molecule has 2 rings (SSSR count). The Bertz CT molecular complexity index is 691. The van der Waals surface area contributed by atoms with Crippen molar-refractivity contribution in [2.45, 2.75) is 30.9 Å². The molecule has 0 bridgehead atoms. The number of carbonyl (C=O) groups is 1. The number of thioether (sulfide) groups is 1. The van der Waals surface area contributed by atoms with Gasteiger partial charge in [-0.15, -0.1) is 11.8 Å². The van der Waals surface area contributed by atoms with Crippen molar-refractivity contribution in [2.24, 2.45) is 0 Å². The summed E-state index contributed by atoms with van der Waals surface area (Å²) in [6, 6.07) is 15.9. The summed E-state index contributed by atoms with van der Waals surface area (Å²) >= 11 is 1.65. The lowest BCUT2D eigenvalue weighted by atomic mass is 10.2. The molecule has 25 heavy (non-hydrogen) atoms. The first-order valence-electron chi connectivity index (χ1n) is 8.24. The minimum absolute atomic E-state index is 0.0302. The van der Waals surface area contributed by atoms with Crippen LogP contribution in [0, 0.1) is 0 Å². The number of benzene rings is 2. The fourth-order valence-electron chi connectivity index (χ4n) is 2.49. The van der Waals surface area contributed by atoms with Crippen molar-refractivity contribution < 1.29 is 14.3 Å². The fraction of sp³-hybridized carbons (Fsp3) is 0.350. The highest BCUT2D eigenvalue weighted by Gasteiger charge is 2.17. The van der Waals surface area contributed by atoms with Crippen LogP contribution in [0.2, 0.25) is 0 Å². The standard InChI is InChI=1S/C20H25NO3S/c1-14(17-8-6-5-7-9-17)25-15(2)20(22)21-13-16-10-11-18(23-3)19(12-16)24-4/h5-12,14-15H,13H2,1-4H3,(H,21,22). The molecular formula is C20H25NO3S. The van der Waals surface area contributed by atoms with Gasteiger partial charge in [-0.2, -0.15) is 0 Å². The Morgan fingerprint density at radius 2 is 1.72 bits per heavy atom. The van der Waals surface area contributed by atoms with Crippen molar-refractivity contribution in [3.05, 3.63) is 59.7 Å². The molecular weight excluding hydrogens is 334 g/mol.